The summed E-state index contributed by atoms with van der Waals surface area (Å²) >= 11 is 0. The lowest BCUT2D eigenvalue weighted by molar-refractivity contribution is -0.0962. The van der Waals surface area contributed by atoms with Crippen LogP contribution in [0.1, 0.15) is 5.56 Å². The van der Waals surface area contributed by atoms with Gasteiger partial charge in [-0.25, -0.2) is 4.98 Å². The number of hydrogen-bond donors (Lipinski definition) is 0. The highest BCUT2D eigenvalue weighted by Crippen LogP contribution is 2.10. The van der Waals surface area contributed by atoms with E-state index in [9.17, 15) is 0 Å². The molecular formula is C14H23N3O2. The van der Waals surface area contributed by atoms with Crippen molar-refractivity contribution in [2.75, 3.05) is 52.4 Å². The lowest BCUT2D eigenvalue weighted by atomic mass is 10.2. The van der Waals surface area contributed by atoms with Crippen molar-refractivity contribution < 1.29 is 9.47 Å². The van der Waals surface area contributed by atoms with Crippen LogP contribution in [0, 0.1) is 0 Å². The molecule has 0 aliphatic carbocycles. The van der Waals surface area contributed by atoms with Crippen LogP contribution in [-0.4, -0.2) is 63.5 Å². The molecule has 0 aromatic carbocycles. The maximum Gasteiger partial charge on any atom is 0.127 e. The largest absolute Gasteiger partial charge is 0.376 e. The predicted molar refractivity (Wildman–Crippen MR) is 75.5 cm³/mol. The van der Waals surface area contributed by atoms with E-state index in [0.29, 0.717) is 13.2 Å². The topological polar surface area (TPSA) is 37.8 Å². The van der Waals surface area contributed by atoms with Crippen molar-refractivity contribution in [2.45, 2.75) is 12.6 Å². The standard InChI is InChI=1S/C14H23N3O2/c1-16(2)14-5-4-12(8-15-14)9-17(3)10-13-11-18-6-7-19-13/h4-5,8,13H,6-7,9-11H2,1-3H3. The summed E-state index contributed by atoms with van der Waals surface area (Å²) in [6, 6.07) is 4.17. The minimum atomic E-state index is 0.188. The molecule has 106 valence electrons. The van der Waals surface area contributed by atoms with Crippen LogP contribution in [0.15, 0.2) is 18.3 Å². The van der Waals surface area contributed by atoms with Gasteiger partial charge in [-0.05, 0) is 18.7 Å². The molecule has 0 bridgehead atoms. The summed E-state index contributed by atoms with van der Waals surface area (Å²) in [7, 11) is 6.08. The van der Waals surface area contributed by atoms with Crippen LogP contribution in [0.2, 0.25) is 0 Å². The van der Waals surface area contributed by atoms with Crippen LogP contribution >= 0.6 is 0 Å². The Morgan fingerprint density at radius 2 is 2.11 bits per heavy atom. The van der Waals surface area contributed by atoms with Crippen molar-refractivity contribution in [3.63, 3.8) is 0 Å². The zero-order valence-electron chi connectivity index (χ0n) is 12.0. The van der Waals surface area contributed by atoms with Gasteiger partial charge in [0.2, 0.25) is 0 Å². The SMILES string of the molecule is CN(Cc1ccc(N(C)C)nc1)CC1COCCO1. The zero-order chi connectivity index (χ0) is 13.7. The van der Waals surface area contributed by atoms with Gasteiger partial charge in [-0.15, -0.1) is 0 Å². The fraction of sp³-hybridized carbons (Fsp3) is 0.643. The number of hydrogen-bond acceptors (Lipinski definition) is 5. The highest BCUT2D eigenvalue weighted by Gasteiger charge is 2.16. The molecule has 1 fully saturated rings. The van der Waals surface area contributed by atoms with Crippen molar-refractivity contribution in [2.24, 2.45) is 0 Å². The average molecular weight is 265 g/mol. The molecule has 1 atom stereocenters. The van der Waals surface area contributed by atoms with E-state index in [1.54, 1.807) is 0 Å². The van der Waals surface area contributed by atoms with Crippen molar-refractivity contribution in [3.05, 3.63) is 23.9 Å². The first-order valence-electron chi connectivity index (χ1n) is 6.65. The van der Waals surface area contributed by atoms with Crippen molar-refractivity contribution in [1.82, 2.24) is 9.88 Å². The molecule has 19 heavy (non-hydrogen) atoms. The van der Waals surface area contributed by atoms with E-state index >= 15 is 0 Å². The quantitative estimate of drug-likeness (QED) is 0.794. The maximum absolute atomic E-state index is 5.65. The first-order valence-corrected chi connectivity index (χ1v) is 6.65. The second kappa shape index (κ2) is 6.84. The molecule has 0 N–H and O–H groups in total. The highest BCUT2D eigenvalue weighted by atomic mass is 16.6. The van der Waals surface area contributed by atoms with Crippen LogP contribution in [-0.2, 0) is 16.0 Å². The number of rotatable bonds is 5. The summed E-state index contributed by atoms with van der Waals surface area (Å²) in [4.78, 5) is 8.66. The number of aromatic nitrogens is 1. The molecule has 2 heterocycles. The van der Waals surface area contributed by atoms with E-state index in [1.807, 2.05) is 31.3 Å². The summed E-state index contributed by atoms with van der Waals surface area (Å²) in [5.41, 5.74) is 1.21. The van der Waals surface area contributed by atoms with Gasteiger partial charge < -0.3 is 14.4 Å². The number of pyridine rings is 1. The molecule has 1 aliphatic heterocycles. The van der Waals surface area contributed by atoms with Crippen molar-refractivity contribution in [3.8, 4) is 0 Å². The van der Waals surface area contributed by atoms with Crippen LogP contribution in [0.4, 0.5) is 5.82 Å². The summed E-state index contributed by atoms with van der Waals surface area (Å²) in [6.07, 6.45) is 2.12. The fourth-order valence-corrected chi connectivity index (χ4v) is 2.14. The average Bonchev–Trinajstić information content (AvgIpc) is 2.40. The number of likely N-dealkylation sites (N-methyl/N-ethyl adjacent to an activating group) is 1. The molecular weight excluding hydrogens is 242 g/mol. The first-order chi connectivity index (χ1) is 9.15. The van der Waals surface area contributed by atoms with E-state index < -0.39 is 0 Å². The lowest BCUT2D eigenvalue weighted by Crippen LogP contribution is -2.38. The Bertz CT molecular complexity index is 375. The van der Waals surface area contributed by atoms with Gasteiger partial charge in [-0.3, -0.25) is 4.90 Å². The number of ether oxygens (including phenoxy) is 2. The Morgan fingerprint density at radius 3 is 2.68 bits per heavy atom. The van der Waals surface area contributed by atoms with E-state index in [2.05, 4.69) is 23.0 Å². The van der Waals surface area contributed by atoms with Gasteiger partial charge in [0.25, 0.3) is 0 Å². The highest BCUT2D eigenvalue weighted by molar-refractivity contribution is 5.37. The Hall–Kier alpha value is -1.17. The van der Waals surface area contributed by atoms with Gasteiger partial charge in [0, 0.05) is 33.4 Å². The van der Waals surface area contributed by atoms with Crippen molar-refractivity contribution >= 4 is 5.82 Å². The van der Waals surface area contributed by atoms with E-state index in [1.165, 1.54) is 5.56 Å². The molecule has 1 aromatic rings. The Labute approximate surface area is 115 Å². The summed E-state index contributed by atoms with van der Waals surface area (Å²) in [6.45, 7) is 3.88. The molecule has 1 unspecified atom stereocenters. The Balaban J connectivity index is 1.82. The maximum atomic E-state index is 5.65. The molecule has 0 spiro atoms. The van der Waals surface area contributed by atoms with Gasteiger partial charge in [-0.2, -0.15) is 0 Å². The summed E-state index contributed by atoms with van der Waals surface area (Å²) < 4.78 is 11.1. The van der Waals surface area contributed by atoms with Crippen molar-refractivity contribution in [1.29, 1.82) is 0 Å². The molecule has 2 rings (SSSR count). The Kier molecular flexibility index (Phi) is 5.13. The third-order valence-corrected chi connectivity index (χ3v) is 3.12. The zero-order valence-corrected chi connectivity index (χ0v) is 12.0. The van der Waals surface area contributed by atoms with E-state index in [4.69, 9.17) is 9.47 Å². The van der Waals surface area contributed by atoms with Gasteiger partial charge in [0.15, 0.2) is 0 Å². The lowest BCUT2D eigenvalue weighted by Gasteiger charge is -2.27. The monoisotopic (exact) mass is 265 g/mol. The molecule has 0 saturated carbocycles. The molecule has 1 saturated heterocycles. The van der Waals surface area contributed by atoms with Gasteiger partial charge in [-0.1, -0.05) is 6.07 Å². The summed E-state index contributed by atoms with van der Waals surface area (Å²) in [5.74, 6) is 0.982. The number of anilines is 1. The van der Waals surface area contributed by atoms with Crippen LogP contribution < -0.4 is 4.90 Å². The second-order valence-corrected chi connectivity index (χ2v) is 5.18. The van der Waals surface area contributed by atoms with Gasteiger partial charge in [0.05, 0.1) is 25.9 Å². The minimum absolute atomic E-state index is 0.188. The smallest absolute Gasteiger partial charge is 0.127 e. The molecule has 5 heteroatoms. The van der Waals surface area contributed by atoms with E-state index in [0.717, 1.165) is 25.5 Å². The van der Waals surface area contributed by atoms with E-state index in [-0.39, 0.29) is 6.10 Å². The first kappa shape index (κ1) is 14.2. The molecule has 1 aliphatic rings. The van der Waals surface area contributed by atoms with Gasteiger partial charge >= 0.3 is 0 Å². The van der Waals surface area contributed by atoms with Crippen LogP contribution in [0.5, 0.6) is 0 Å². The fourth-order valence-electron chi connectivity index (χ4n) is 2.14. The minimum Gasteiger partial charge on any atom is -0.376 e. The predicted octanol–water partition coefficient (Wildman–Crippen LogP) is 0.995. The third kappa shape index (κ3) is 4.45. The van der Waals surface area contributed by atoms with Crippen LogP contribution in [0.25, 0.3) is 0 Å². The number of nitrogens with zero attached hydrogens (tertiary/aromatic N) is 3. The molecule has 1 aromatic heterocycles. The molecule has 5 nitrogen and oxygen atoms in total. The van der Waals surface area contributed by atoms with Crippen LogP contribution in [0.3, 0.4) is 0 Å². The normalized spacial score (nSPS) is 19.7. The molecule has 0 amide bonds. The second-order valence-electron chi connectivity index (χ2n) is 5.18. The Morgan fingerprint density at radius 1 is 1.26 bits per heavy atom. The molecule has 0 radical (unpaired) electrons. The third-order valence-electron chi connectivity index (χ3n) is 3.12. The summed E-state index contributed by atoms with van der Waals surface area (Å²) in [5, 5.41) is 0. The van der Waals surface area contributed by atoms with Gasteiger partial charge in [0.1, 0.15) is 5.82 Å².